The van der Waals surface area contributed by atoms with Gasteiger partial charge in [-0.15, -0.1) is 0 Å². The van der Waals surface area contributed by atoms with Crippen molar-refractivity contribution in [2.75, 3.05) is 0 Å². The van der Waals surface area contributed by atoms with Gasteiger partial charge in [0.2, 0.25) is 0 Å². The summed E-state index contributed by atoms with van der Waals surface area (Å²) in [5.41, 5.74) is 1.33. The predicted molar refractivity (Wildman–Crippen MR) is 53.0 cm³/mol. The van der Waals surface area contributed by atoms with Crippen molar-refractivity contribution in [3.8, 4) is 0 Å². The van der Waals surface area contributed by atoms with Crippen LogP contribution in [0.5, 0.6) is 0 Å². The van der Waals surface area contributed by atoms with Crippen LogP contribution in [-0.2, 0) is 27.7 Å². The zero-order valence-electron chi connectivity index (χ0n) is 8.49. The maximum Gasteiger partial charge on any atom is 1.00 e. The van der Waals surface area contributed by atoms with Crippen molar-refractivity contribution in [2.45, 2.75) is 6.92 Å². The molecule has 2 aromatic rings. The molecule has 0 N–H and O–H groups in total. The molecule has 0 aliphatic heterocycles. The molecule has 71 valence electrons. The Balaban J connectivity index is 0.00000112. The normalized spacial score (nSPS) is 9.67. The van der Waals surface area contributed by atoms with Gasteiger partial charge in [-0.25, -0.2) is 0 Å². The molecular formula is C12H9HgO2. The molecule has 0 atom stereocenters. The van der Waals surface area contributed by atoms with Gasteiger partial charge in [-0.2, -0.15) is 0 Å². The Morgan fingerprint density at radius 3 is 2.27 bits per heavy atom. The molecule has 2 aromatic carbocycles. The second-order valence-corrected chi connectivity index (χ2v) is 3.26. The first kappa shape index (κ1) is 12.2. The van der Waals surface area contributed by atoms with Crippen LogP contribution in [0, 0.1) is 6.92 Å². The van der Waals surface area contributed by atoms with E-state index >= 15 is 0 Å². The molecule has 0 heterocycles. The average Bonchev–Trinajstić information content (AvgIpc) is 2.18. The monoisotopic (exact) mass is 387 g/mol. The minimum atomic E-state index is -1.12. The van der Waals surface area contributed by atoms with Gasteiger partial charge in [-0.3, -0.25) is 0 Å². The van der Waals surface area contributed by atoms with Gasteiger partial charge < -0.3 is 9.90 Å². The molecule has 15 heavy (non-hydrogen) atoms. The minimum absolute atomic E-state index is 0. The van der Waals surface area contributed by atoms with E-state index in [4.69, 9.17) is 0 Å². The summed E-state index contributed by atoms with van der Waals surface area (Å²) < 4.78 is 0. The first-order valence-corrected chi connectivity index (χ1v) is 4.40. The minimum Gasteiger partial charge on any atom is -0.545 e. The number of hydrogen-bond acceptors (Lipinski definition) is 2. The molecule has 0 spiro atoms. The van der Waals surface area contributed by atoms with E-state index in [1.807, 2.05) is 25.1 Å². The summed E-state index contributed by atoms with van der Waals surface area (Å²) in [4.78, 5) is 10.8. The number of carbonyl (C=O) groups is 1. The van der Waals surface area contributed by atoms with E-state index in [0.717, 1.165) is 16.3 Å². The predicted octanol–water partition coefficient (Wildman–Crippen LogP) is 1.51. The molecule has 1 radical (unpaired) electrons. The van der Waals surface area contributed by atoms with Crippen LogP contribution in [0.25, 0.3) is 10.8 Å². The Morgan fingerprint density at radius 2 is 1.67 bits per heavy atom. The first-order valence-electron chi connectivity index (χ1n) is 4.40. The molecule has 0 aromatic heterocycles. The number of hydrogen-bond donors (Lipinski definition) is 0. The van der Waals surface area contributed by atoms with Crippen molar-refractivity contribution < 1.29 is 37.6 Å². The summed E-state index contributed by atoms with van der Waals surface area (Å²) in [7, 11) is 0. The van der Waals surface area contributed by atoms with Crippen molar-refractivity contribution in [2.24, 2.45) is 0 Å². The van der Waals surface area contributed by atoms with Gasteiger partial charge in [0, 0.05) is 5.56 Å². The molecule has 0 aliphatic carbocycles. The van der Waals surface area contributed by atoms with Crippen molar-refractivity contribution in [3.05, 3.63) is 47.5 Å². The van der Waals surface area contributed by atoms with Gasteiger partial charge in [-0.1, -0.05) is 36.4 Å². The molecule has 2 nitrogen and oxygen atoms in total. The van der Waals surface area contributed by atoms with Gasteiger partial charge in [0.15, 0.2) is 0 Å². The van der Waals surface area contributed by atoms with Gasteiger partial charge in [-0.05, 0) is 23.3 Å². The second kappa shape index (κ2) is 4.75. The van der Waals surface area contributed by atoms with Gasteiger partial charge in [0.25, 0.3) is 0 Å². The number of carboxylic acids is 1. The van der Waals surface area contributed by atoms with Gasteiger partial charge in [0.05, 0.1) is 5.97 Å². The largest absolute Gasteiger partial charge is 1.00 e. The fourth-order valence-electron chi connectivity index (χ4n) is 1.63. The fraction of sp³-hybridized carbons (Fsp3) is 0.0833. The Kier molecular flexibility index (Phi) is 3.86. The van der Waals surface area contributed by atoms with E-state index in [-0.39, 0.29) is 33.2 Å². The summed E-state index contributed by atoms with van der Waals surface area (Å²) in [6, 6.07) is 10.8. The third-order valence-corrected chi connectivity index (χ3v) is 2.36. The van der Waals surface area contributed by atoms with Crippen LogP contribution in [0.2, 0.25) is 0 Å². The van der Waals surface area contributed by atoms with Crippen molar-refractivity contribution in [3.63, 3.8) is 0 Å². The van der Waals surface area contributed by atoms with Crippen LogP contribution in [0.4, 0.5) is 0 Å². The average molecular weight is 386 g/mol. The van der Waals surface area contributed by atoms with Crippen molar-refractivity contribution in [1.29, 1.82) is 0 Å². The van der Waals surface area contributed by atoms with E-state index in [1.54, 1.807) is 18.2 Å². The number of rotatable bonds is 1. The van der Waals surface area contributed by atoms with Crippen LogP contribution >= 0.6 is 0 Å². The molecule has 0 unspecified atom stereocenters. The number of carbonyl (C=O) groups excluding carboxylic acids is 1. The maximum atomic E-state index is 10.8. The van der Waals surface area contributed by atoms with Crippen LogP contribution in [-0.4, -0.2) is 5.97 Å². The molecular weight excluding hydrogens is 377 g/mol. The third kappa shape index (κ3) is 2.20. The number of fused-ring (bicyclic) bond motifs is 1. The molecule has 0 amide bonds. The Morgan fingerprint density at radius 1 is 1.07 bits per heavy atom. The van der Waals surface area contributed by atoms with E-state index in [1.165, 1.54) is 0 Å². The standard InChI is InChI=1S/C12H10O2.Hg/c1-8-6-7-11(12(13)14)10-5-3-2-4-9(8)10;/h2-7H,1H3,(H,13,14);/q;+1/p-1. The number of aryl methyl sites for hydroxylation is 1. The summed E-state index contributed by atoms with van der Waals surface area (Å²) in [6.45, 7) is 1.96. The van der Waals surface area contributed by atoms with Crippen LogP contribution < -0.4 is 5.11 Å². The number of benzene rings is 2. The first-order chi connectivity index (χ1) is 6.70. The second-order valence-electron chi connectivity index (χ2n) is 3.26. The zero-order chi connectivity index (χ0) is 10.1. The van der Waals surface area contributed by atoms with E-state index in [9.17, 15) is 9.90 Å². The molecule has 0 saturated heterocycles. The summed E-state index contributed by atoms with van der Waals surface area (Å²) >= 11 is 0. The summed E-state index contributed by atoms with van der Waals surface area (Å²) in [5, 5.41) is 12.5. The fourth-order valence-corrected chi connectivity index (χ4v) is 1.63. The Labute approximate surface area is 108 Å². The zero-order valence-corrected chi connectivity index (χ0v) is 14.0. The van der Waals surface area contributed by atoms with Gasteiger partial charge >= 0.3 is 27.7 Å². The van der Waals surface area contributed by atoms with Crippen LogP contribution in [0.1, 0.15) is 15.9 Å². The van der Waals surface area contributed by atoms with E-state index < -0.39 is 5.97 Å². The molecule has 2 rings (SSSR count). The Hall–Kier alpha value is -0.895. The van der Waals surface area contributed by atoms with Crippen molar-refractivity contribution in [1.82, 2.24) is 0 Å². The maximum absolute atomic E-state index is 10.8. The quantitative estimate of drug-likeness (QED) is 0.698. The molecule has 0 bridgehead atoms. The third-order valence-electron chi connectivity index (χ3n) is 2.36. The topological polar surface area (TPSA) is 40.1 Å². The number of aromatic carboxylic acids is 1. The van der Waals surface area contributed by atoms with Crippen molar-refractivity contribution >= 4 is 16.7 Å². The number of carboxylic acid groups (broad SMARTS) is 1. The molecule has 0 aliphatic rings. The summed E-state index contributed by atoms with van der Waals surface area (Å²) in [5.74, 6) is -1.12. The summed E-state index contributed by atoms with van der Waals surface area (Å²) in [6.07, 6.45) is 0. The molecule has 3 heteroatoms. The Bertz CT molecular complexity index is 506. The smallest absolute Gasteiger partial charge is 0.545 e. The van der Waals surface area contributed by atoms with Gasteiger partial charge in [0.1, 0.15) is 0 Å². The SMILES string of the molecule is Cc1ccc(C(=O)[O-])c2ccccc12.[Hg+]. The van der Waals surface area contributed by atoms with Crippen LogP contribution in [0.15, 0.2) is 36.4 Å². The molecule has 0 saturated carbocycles. The van der Waals surface area contributed by atoms with Crippen LogP contribution in [0.3, 0.4) is 0 Å². The van der Waals surface area contributed by atoms with E-state index in [0.29, 0.717) is 0 Å². The van der Waals surface area contributed by atoms with E-state index in [2.05, 4.69) is 0 Å². The molecule has 0 fully saturated rings.